The van der Waals surface area contributed by atoms with Crippen molar-refractivity contribution in [3.63, 3.8) is 0 Å². The van der Waals surface area contributed by atoms with Crippen LogP contribution in [0.2, 0.25) is 0 Å². The van der Waals surface area contributed by atoms with Crippen LogP contribution in [0, 0.1) is 0 Å². The third-order valence-electron chi connectivity index (χ3n) is 12.6. The molecule has 10 nitrogen and oxygen atoms in total. The maximum absolute atomic E-state index is 13.1. The first-order valence-corrected chi connectivity index (χ1v) is 26.2. The molecule has 1 aliphatic rings. The molecule has 8 unspecified atom stereocenters. The average Bonchev–Trinajstić information content (AvgIpc) is 3.27. The van der Waals surface area contributed by atoms with Crippen molar-refractivity contribution < 1.29 is 44.9 Å². The van der Waals surface area contributed by atoms with Crippen molar-refractivity contribution in [3.05, 3.63) is 24.3 Å². The Kier molecular flexibility index (Phi) is 40.0. The Bertz CT molecular complexity index is 1040. The number of hydrogen-bond donors (Lipinski definition) is 7. The van der Waals surface area contributed by atoms with Gasteiger partial charge in [-0.2, -0.15) is 0 Å². The summed E-state index contributed by atoms with van der Waals surface area (Å²) in [7, 11) is 0. The van der Waals surface area contributed by atoms with Crippen LogP contribution >= 0.6 is 0 Å². The molecule has 1 amide bonds. The third kappa shape index (κ3) is 31.5. The van der Waals surface area contributed by atoms with E-state index in [1.165, 1.54) is 173 Å². The monoisotopic (exact) mass is 882 g/mol. The Hall–Kier alpha value is -1.37. The maximum atomic E-state index is 13.1. The highest BCUT2D eigenvalue weighted by Crippen LogP contribution is 2.23. The van der Waals surface area contributed by atoms with Crippen LogP contribution in [-0.4, -0.2) is 98.7 Å². The Labute approximate surface area is 380 Å². The van der Waals surface area contributed by atoms with Crippen LogP contribution in [-0.2, 0) is 14.3 Å². The van der Waals surface area contributed by atoms with Crippen LogP contribution in [0.3, 0.4) is 0 Å². The number of aliphatic hydroxyl groups is 6. The fourth-order valence-corrected chi connectivity index (χ4v) is 8.36. The van der Waals surface area contributed by atoms with Crippen molar-refractivity contribution in [3.8, 4) is 0 Å². The zero-order valence-corrected chi connectivity index (χ0v) is 40.0. The summed E-state index contributed by atoms with van der Waals surface area (Å²) in [5.41, 5.74) is 0. The molecule has 0 aromatic heterocycles. The molecule has 1 rings (SSSR count). The van der Waals surface area contributed by atoms with Crippen LogP contribution in [0.25, 0.3) is 0 Å². The topological polar surface area (TPSA) is 169 Å². The molecule has 0 bridgehead atoms. The molecule has 7 N–H and O–H groups in total. The van der Waals surface area contributed by atoms with E-state index in [-0.39, 0.29) is 6.61 Å². The van der Waals surface area contributed by atoms with Gasteiger partial charge in [-0.3, -0.25) is 4.79 Å². The molecule has 0 aliphatic carbocycles. The quantitative estimate of drug-likeness (QED) is 0.0233. The van der Waals surface area contributed by atoms with Gasteiger partial charge in [-0.25, -0.2) is 0 Å². The molecule has 366 valence electrons. The van der Waals surface area contributed by atoms with Gasteiger partial charge in [0.15, 0.2) is 6.29 Å². The molecule has 1 fully saturated rings. The molecule has 1 saturated heterocycles. The zero-order chi connectivity index (χ0) is 45.3. The number of rotatable bonds is 44. The maximum Gasteiger partial charge on any atom is 0.249 e. The number of carbonyl (C=O) groups excluding carboxylic acids is 1. The lowest BCUT2D eigenvalue weighted by Gasteiger charge is -2.40. The minimum atomic E-state index is -1.61. The largest absolute Gasteiger partial charge is 0.394 e. The average molecular weight is 882 g/mol. The van der Waals surface area contributed by atoms with Crippen molar-refractivity contribution in [1.82, 2.24) is 5.32 Å². The van der Waals surface area contributed by atoms with Crippen LogP contribution in [0.15, 0.2) is 24.3 Å². The molecule has 0 spiro atoms. The Morgan fingerprint density at radius 1 is 0.548 bits per heavy atom. The number of unbranched alkanes of at least 4 members (excludes halogenated alkanes) is 31. The van der Waals surface area contributed by atoms with Crippen molar-refractivity contribution in [1.29, 1.82) is 0 Å². The van der Waals surface area contributed by atoms with Crippen molar-refractivity contribution >= 4 is 5.91 Å². The molecule has 62 heavy (non-hydrogen) atoms. The van der Waals surface area contributed by atoms with Gasteiger partial charge in [0.1, 0.15) is 30.5 Å². The van der Waals surface area contributed by atoms with Gasteiger partial charge >= 0.3 is 0 Å². The number of aliphatic hydroxyl groups excluding tert-OH is 6. The number of carbonyl (C=O) groups is 1. The predicted octanol–water partition coefficient (Wildman–Crippen LogP) is 10.8. The second-order valence-corrected chi connectivity index (χ2v) is 18.5. The Morgan fingerprint density at radius 2 is 0.952 bits per heavy atom. The molecule has 1 aliphatic heterocycles. The highest BCUT2D eigenvalue weighted by atomic mass is 16.7. The summed E-state index contributed by atoms with van der Waals surface area (Å²) in [6.45, 7) is 3.58. The van der Waals surface area contributed by atoms with E-state index in [0.717, 1.165) is 32.1 Å². The van der Waals surface area contributed by atoms with Crippen LogP contribution in [0.5, 0.6) is 0 Å². The SMILES string of the molecule is CCCCCCC/C=C/CC/C=C/C(O)C(COC1OC(CO)C(O)C(O)C1O)NC(=O)C(O)CCCCCCCCCCCCCCCCCCCCCCCCCCCC. The van der Waals surface area contributed by atoms with Crippen molar-refractivity contribution in [2.45, 2.75) is 288 Å². The van der Waals surface area contributed by atoms with Crippen LogP contribution < -0.4 is 5.32 Å². The lowest BCUT2D eigenvalue weighted by molar-refractivity contribution is -0.302. The van der Waals surface area contributed by atoms with E-state index in [9.17, 15) is 35.4 Å². The van der Waals surface area contributed by atoms with Crippen LogP contribution in [0.4, 0.5) is 0 Å². The first-order chi connectivity index (χ1) is 30.3. The Balaban J connectivity index is 2.23. The van der Waals surface area contributed by atoms with E-state index in [4.69, 9.17) is 9.47 Å². The van der Waals surface area contributed by atoms with Gasteiger partial charge in [0.05, 0.1) is 25.4 Å². The first-order valence-electron chi connectivity index (χ1n) is 26.2. The smallest absolute Gasteiger partial charge is 0.249 e. The molecule has 10 heteroatoms. The summed E-state index contributed by atoms with van der Waals surface area (Å²) in [4.78, 5) is 13.1. The lowest BCUT2D eigenvalue weighted by Crippen LogP contribution is -2.60. The second-order valence-electron chi connectivity index (χ2n) is 18.5. The van der Waals surface area contributed by atoms with Gasteiger partial charge in [0, 0.05) is 0 Å². The summed E-state index contributed by atoms with van der Waals surface area (Å²) < 4.78 is 11.1. The number of allylic oxidation sites excluding steroid dienone is 3. The van der Waals surface area contributed by atoms with Gasteiger partial charge < -0.3 is 45.4 Å². The van der Waals surface area contributed by atoms with E-state index in [0.29, 0.717) is 19.3 Å². The van der Waals surface area contributed by atoms with Gasteiger partial charge in [0.25, 0.3) is 0 Å². The molecule has 0 aromatic carbocycles. The lowest BCUT2D eigenvalue weighted by atomic mass is 9.99. The van der Waals surface area contributed by atoms with E-state index in [1.54, 1.807) is 6.08 Å². The van der Waals surface area contributed by atoms with Crippen molar-refractivity contribution in [2.24, 2.45) is 0 Å². The minimum absolute atomic E-state index is 0.308. The highest BCUT2D eigenvalue weighted by Gasteiger charge is 2.44. The minimum Gasteiger partial charge on any atom is -0.394 e. The van der Waals surface area contributed by atoms with Gasteiger partial charge in [0.2, 0.25) is 5.91 Å². The molecular formula is C52H99NO9. The predicted molar refractivity (Wildman–Crippen MR) is 255 cm³/mol. The van der Waals surface area contributed by atoms with E-state index < -0.39 is 61.5 Å². The molecule has 8 atom stereocenters. The normalized spacial score (nSPS) is 20.9. The van der Waals surface area contributed by atoms with E-state index in [2.05, 4.69) is 31.3 Å². The van der Waals surface area contributed by atoms with E-state index >= 15 is 0 Å². The number of amides is 1. The summed E-state index contributed by atoms with van der Waals surface area (Å²) in [6, 6.07) is -0.992. The van der Waals surface area contributed by atoms with Gasteiger partial charge in [-0.1, -0.05) is 231 Å². The molecule has 0 saturated carbocycles. The third-order valence-corrected chi connectivity index (χ3v) is 12.6. The molecule has 0 radical (unpaired) electrons. The standard InChI is InChI=1S/C52H99NO9/c1-3-5-7-9-11-13-15-16-17-18-19-20-21-22-23-24-25-26-27-28-29-31-33-35-37-39-41-46(56)51(60)53-44(43-61-52-50(59)49(58)48(57)47(42-54)62-52)45(55)40-38-36-34-32-30-14-12-10-8-6-4-2/h30,32,38,40,44-50,52,54-59H,3-29,31,33-37,39,41-43H2,1-2H3,(H,53,60)/b32-30+,40-38+. The van der Waals surface area contributed by atoms with E-state index in [1.807, 2.05) is 6.08 Å². The number of hydrogen-bond acceptors (Lipinski definition) is 9. The highest BCUT2D eigenvalue weighted by molar-refractivity contribution is 5.80. The van der Waals surface area contributed by atoms with Gasteiger partial charge in [-0.05, 0) is 32.1 Å². The second kappa shape index (κ2) is 42.3. The first kappa shape index (κ1) is 58.6. The fraction of sp³-hybridized carbons (Fsp3) is 0.904. The number of ether oxygens (including phenoxy) is 2. The molecular weight excluding hydrogens is 783 g/mol. The summed E-state index contributed by atoms with van der Waals surface area (Å²) in [5.74, 6) is -0.624. The summed E-state index contributed by atoms with van der Waals surface area (Å²) >= 11 is 0. The molecule has 1 heterocycles. The van der Waals surface area contributed by atoms with Crippen molar-refractivity contribution in [2.75, 3.05) is 13.2 Å². The zero-order valence-electron chi connectivity index (χ0n) is 40.0. The van der Waals surface area contributed by atoms with Crippen LogP contribution in [0.1, 0.15) is 239 Å². The summed E-state index contributed by atoms with van der Waals surface area (Å²) in [5, 5.41) is 64.7. The Morgan fingerprint density at radius 3 is 1.40 bits per heavy atom. The van der Waals surface area contributed by atoms with Gasteiger partial charge in [-0.15, -0.1) is 0 Å². The fourth-order valence-electron chi connectivity index (χ4n) is 8.36. The summed E-state index contributed by atoms with van der Waals surface area (Å²) in [6.07, 6.45) is 41.5. The molecule has 0 aromatic rings. The number of nitrogens with one attached hydrogen (secondary N) is 1.